The Morgan fingerprint density at radius 2 is 2.00 bits per heavy atom. The zero-order valence-corrected chi connectivity index (χ0v) is 15.5. The number of halogens is 3. The highest BCUT2D eigenvalue weighted by Crippen LogP contribution is 2.31. The molecule has 4 rings (SSSR count). The van der Waals surface area contributed by atoms with Crippen molar-refractivity contribution in [3.8, 4) is 16.9 Å². The Balaban J connectivity index is 0.000000298. The number of hydrogen-bond donors (Lipinski definition) is 2. The highest BCUT2D eigenvalue weighted by molar-refractivity contribution is 5.73. The summed E-state index contributed by atoms with van der Waals surface area (Å²) in [4.78, 5) is 8.90. The van der Waals surface area contributed by atoms with E-state index < -0.39 is 12.1 Å². The Labute approximate surface area is 163 Å². The normalized spacial score (nSPS) is 19.1. The molecule has 11 heteroatoms. The molecule has 1 aliphatic rings. The van der Waals surface area contributed by atoms with Crippen molar-refractivity contribution in [3.05, 3.63) is 36.9 Å². The Morgan fingerprint density at radius 1 is 1.28 bits per heavy atom. The maximum atomic E-state index is 10.6. The van der Waals surface area contributed by atoms with Crippen LogP contribution in [0, 0.1) is 0 Å². The number of aromatic nitrogens is 4. The second-order valence-electron chi connectivity index (χ2n) is 6.77. The van der Waals surface area contributed by atoms with Crippen molar-refractivity contribution >= 4 is 11.5 Å². The van der Waals surface area contributed by atoms with E-state index >= 15 is 0 Å². The van der Waals surface area contributed by atoms with Gasteiger partial charge in [-0.1, -0.05) is 0 Å². The first-order chi connectivity index (χ1) is 13.6. The van der Waals surface area contributed by atoms with Crippen LogP contribution in [0.3, 0.4) is 0 Å². The van der Waals surface area contributed by atoms with E-state index in [0.717, 1.165) is 41.7 Å². The molecule has 1 saturated carbocycles. The van der Waals surface area contributed by atoms with Crippen LogP contribution < -0.4 is 10.5 Å². The summed E-state index contributed by atoms with van der Waals surface area (Å²) in [6, 6.07) is 4.29. The average molecular weight is 411 g/mol. The summed E-state index contributed by atoms with van der Waals surface area (Å²) in [5, 5.41) is 15.7. The number of carbonyl (C=O) groups is 1. The number of nitrogens with zero attached hydrogens (tertiary/aromatic N) is 4. The van der Waals surface area contributed by atoms with Crippen molar-refractivity contribution in [2.75, 3.05) is 0 Å². The molecule has 156 valence electrons. The second kappa shape index (κ2) is 8.11. The molecule has 0 saturated heterocycles. The van der Waals surface area contributed by atoms with Crippen molar-refractivity contribution in [1.82, 2.24) is 19.4 Å². The standard InChI is InChI=1S/C16H19N5O.C2HF3O2/c1-20-9-12(8-19-20)11-6-16(15-4-5-18-21(15)10-11)22-14-3-2-13(17)7-14;3-2(4,5)1(6)7/h4-6,8-10,13-14H,2-3,7,17H2,1H3;(H,6,7). The SMILES string of the molecule is Cn1cc(-c2cc(OC3CCC(N)C3)c3ccnn3c2)cn1.O=C(O)C(F)(F)F. The maximum absolute atomic E-state index is 10.6. The highest BCUT2D eigenvalue weighted by Gasteiger charge is 2.38. The Bertz CT molecular complexity index is 998. The van der Waals surface area contributed by atoms with E-state index in [0.29, 0.717) is 0 Å². The molecule has 2 atom stereocenters. The average Bonchev–Trinajstić information content (AvgIpc) is 3.35. The van der Waals surface area contributed by atoms with Gasteiger partial charge in [-0.2, -0.15) is 23.4 Å². The fourth-order valence-corrected chi connectivity index (χ4v) is 3.08. The minimum Gasteiger partial charge on any atom is -0.488 e. The van der Waals surface area contributed by atoms with E-state index in [4.69, 9.17) is 20.4 Å². The Morgan fingerprint density at radius 3 is 2.55 bits per heavy atom. The van der Waals surface area contributed by atoms with Gasteiger partial charge in [0.25, 0.3) is 0 Å². The number of aliphatic carboxylic acids is 1. The second-order valence-corrected chi connectivity index (χ2v) is 6.77. The van der Waals surface area contributed by atoms with E-state index in [1.54, 1.807) is 10.9 Å². The molecule has 0 radical (unpaired) electrons. The minimum absolute atomic E-state index is 0.192. The molecular weight excluding hydrogens is 391 g/mol. The molecule has 0 spiro atoms. The molecule has 1 aliphatic carbocycles. The van der Waals surface area contributed by atoms with Gasteiger partial charge in [0.15, 0.2) is 0 Å². The molecule has 3 N–H and O–H groups in total. The Kier molecular flexibility index (Phi) is 5.78. The van der Waals surface area contributed by atoms with Crippen LogP contribution in [0.5, 0.6) is 5.75 Å². The zero-order chi connectivity index (χ0) is 21.2. The monoisotopic (exact) mass is 411 g/mol. The molecule has 2 unspecified atom stereocenters. The number of carboxylic acid groups (broad SMARTS) is 1. The predicted octanol–water partition coefficient (Wildman–Crippen LogP) is 2.63. The van der Waals surface area contributed by atoms with Gasteiger partial charge < -0.3 is 15.6 Å². The largest absolute Gasteiger partial charge is 0.490 e. The van der Waals surface area contributed by atoms with Crippen LogP contribution in [0.15, 0.2) is 36.9 Å². The van der Waals surface area contributed by atoms with E-state index in [-0.39, 0.29) is 12.1 Å². The van der Waals surface area contributed by atoms with Gasteiger partial charge in [-0.3, -0.25) is 4.68 Å². The van der Waals surface area contributed by atoms with Crippen molar-refractivity contribution in [1.29, 1.82) is 0 Å². The van der Waals surface area contributed by atoms with Crippen LogP contribution in [-0.2, 0) is 11.8 Å². The predicted molar refractivity (Wildman–Crippen MR) is 97.3 cm³/mol. The van der Waals surface area contributed by atoms with Crippen molar-refractivity contribution < 1.29 is 27.8 Å². The fourth-order valence-electron chi connectivity index (χ4n) is 3.08. The molecule has 0 amide bonds. The fraction of sp³-hybridized carbons (Fsp3) is 0.389. The number of aryl methyl sites for hydroxylation is 1. The number of carboxylic acids is 1. The third kappa shape index (κ3) is 5.05. The zero-order valence-electron chi connectivity index (χ0n) is 15.5. The van der Waals surface area contributed by atoms with Gasteiger partial charge >= 0.3 is 12.1 Å². The van der Waals surface area contributed by atoms with E-state index in [2.05, 4.69) is 16.3 Å². The molecule has 0 aromatic carbocycles. The molecule has 8 nitrogen and oxygen atoms in total. The van der Waals surface area contributed by atoms with Gasteiger partial charge in [0.2, 0.25) is 0 Å². The molecule has 3 aromatic heterocycles. The lowest BCUT2D eigenvalue weighted by molar-refractivity contribution is -0.192. The van der Waals surface area contributed by atoms with Crippen LogP contribution in [0.25, 0.3) is 16.6 Å². The lowest BCUT2D eigenvalue weighted by Crippen LogP contribution is -2.21. The number of alkyl halides is 3. The molecule has 3 aromatic rings. The summed E-state index contributed by atoms with van der Waals surface area (Å²) in [6.45, 7) is 0. The molecule has 0 aliphatic heterocycles. The van der Waals surface area contributed by atoms with Gasteiger partial charge in [0.1, 0.15) is 17.4 Å². The minimum atomic E-state index is -5.08. The van der Waals surface area contributed by atoms with E-state index in [1.165, 1.54) is 0 Å². The third-order valence-electron chi connectivity index (χ3n) is 4.47. The number of nitrogens with two attached hydrogens (primary N) is 1. The maximum Gasteiger partial charge on any atom is 0.490 e. The van der Waals surface area contributed by atoms with E-state index in [1.807, 2.05) is 36.2 Å². The quantitative estimate of drug-likeness (QED) is 0.686. The lowest BCUT2D eigenvalue weighted by Gasteiger charge is -2.15. The highest BCUT2D eigenvalue weighted by atomic mass is 19.4. The number of pyridine rings is 1. The van der Waals surface area contributed by atoms with E-state index in [9.17, 15) is 13.2 Å². The summed E-state index contributed by atoms with van der Waals surface area (Å²) in [6.07, 6.45) is 5.69. The van der Waals surface area contributed by atoms with Gasteiger partial charge in [-0.15, -0.1) is 0 Å². The lowest BCUT2D eigenvalue weighted by atomic mass is 10.1. The number of fused-ring (bicyclic) bond motifs is 1. The molecule has 29 heavy (non-hydrogen) atoms. The van der Waals surface area contributed by atoms with Crippen LogP contribution in [-0.4, -0.2) is 48.8 Å². The summed E-state index contributed by atoms with van der Waals surface area (Å²) in [5.74, 6) is -1.90. The molecule has 3 heterocycles. The van der Waals surface area contributed by atoms with Gasteiger partial charge in [-0.05, 0) is 31.4 Å². The number of hydrogen-bond acceptors (Lipinski definition) is 5. The topological polar surface area (TPSA) is 108 Å². The molecule has 0 bridgehead atoms. The first-order valence-corrected chi connectivity index (χ1v) is 8.82. The summed E-state index contributed by atoms with van der Waals surface area (Å²) in [5.41, 5.74) is 9.06. The molecular formula is C18H20F3N5O3. The third-order valence-corrected chi connectivity index (χ3v) is 4.47. The van der Waals surface area contributed by atoms with Gasteiger partial charge in [0, 0.05) is 36.6 Å². The van der Waals surface area contributed by atoms with Crippen LogP contribution >= 0.6 is 0 Å². The Hall–Kier alpha value is -3.08. The van der Waals surface area contributed by atoms with Gasteiger partial charge in [0.05, 0.1) is 12.4 Å². The van der Waals surface area contributed by atoms with Crippen molar-refractivity contribution in [2.24, 2.45) is 12.8 Å². The number of ether oxygens (including phenoxy) is 1. The smallest absolute Gasteiger partial charge is 0.488 e. The van der Waals surface area contributed by atoms with Crippen molar-refractivity contribution in [3.63, 3.8) is 0 Å². The van der Waals surface area contributed by atoms with Crippen LogP contribution in [0.2, 0.25) is 0 Å². The van der Waals surface area contributed by atoms with Crippen LogP contribution in [0.1, 0.15) is 19.3 Å². The van der Waals surface area contributed by atoms with Gasteiger partial charge in [-0.25, -0.2) is 9.31 Å². The summed E-state index contributed by atoms with van der Waals surface area (Å²) < 4.78 is 41.6. The summed E-state index contributed by atoms with van der Waals surface area (Å²) >= 11 is 0. The summed E-state index contributed by atoms with van der Waals surface area (Å²) in [7, 11) is 1.91. The van der Waals surface area contributed by atoms with Crippen molar-refractivity contribution in [2.45, 2.75) is 37.6 Å². The molecule has 1 fully saturated rings. The number of rotatable bonds is 3. The first kappa shape index (κ1) is 20.6. The van der Waals surface area contributed by atoms with Crippen LogP contribution in [0.4, 0.5) is 13.2 Å². The first-order valence-electron chi connectivity index (χ1n) is 8.82.